The molecule has 70 valence electrons. The lowest BCUT2D eigenvalue weighted by Gasteiger charge is -1.98. The van der Waals surface area contributed by atoms with Gasteiger partial charge in [-0.1, -0.05) is 5.21 Å². The summed E-state index contributed by atoms with van der Waals surface area (Å²) in [5.74, 6) is 0. The highest BCUT2D eigenvalue weighted by atomic mass is 16.1. The van der Waals surface area contributed by atoms with E-state index >= 15 is 0 Å². The minimum absolute atomic E-state index is 0.658. The summed E-state index contributed by atoms with van der Waals surface area (Å²) in [7, 11) is 0. The Hall–Kier alpha value is -1.97. The Morgan fingerprint density at radius 3 is 2.50 bits per heavy atom. The molecule has 0 aliphatic carbocycles. The topological polar surface area (TPSA) is 47.8 Å². The maximum absolute atomic E-state index is 10.4. The molecule has 1 aromatic heterocycles. The first kappa shape index (κ1) is 8.62. The molecule has 0 bridgehead atoms. The van der Waals surface area contributed by atoms with Gasteiger partial charge < -0.3 is 0 Å². The van der Waals surface area contributed by atoms with Gasteiger partial charge in [0.05, 0.1) is 17.6 Å². The number of hydrogen-bond acceptors (Lipinski definition) is 3. The van der Waals surface area contributed by atoms with Crippen LogP contribution in [0.4, 0.5) is 0 Å². The van der Waals surface area contributed by atoms with Crippen molar-refractivity contribution in [2.24, 2.45) is 0 Å². The molecule has 1 heterocycles. The fraction of sp³-hybridized carbons (Fsp3) is 0.100. The van der Waals surface area contributed by atoms with Gasteiger partial charge in [0, 0.05) is 5.56 Å². The van der Waals surface area contributed by atoms with E-state index in [2.05, 4.69) is 10.3 Å². The minimum atomic E-state index is 0.658. The van der Waals surface area contributed by atoms with Crippen LogP contribution in [0.1, 0.15) is 16.1 Å². The molecule has 4 heteroatoms. The Labute approximate surface area is 81.2 Å². The first-order valence-electron chi connectivity index (χ1n) is 4.24. The van der Waals surface area contributed by atoms with E-state index in [-0.39, 0.29) is 0 Å². The Kier molecular flexibility index (Phi) is 2.10. The molecule has 2 aromatic rings. The highest BCUT2D eigenvalue weighted by molar-refractivity contribution is 5.75. The zero-order valence-corrected chi connectivity index (χ0v) is 7.71. The lowest BCUT2D eigenvalue weighted by atomic mass is 10.2. The normalized spacial score (nSPS) is 10.1. The predicted octanol–water partition coefficient (Wildman–Crippen LogP) is 1.39. The maximum Gasteiger partial charge on any atom is 0.150 e. The Balaban J connectivity index is 2.38. The number of aldehydes is 1. The van der Waals surface area contributed by atoms with E-state index in [1.807, 2.05) is 25.3 Å². The van der Waals surface area contributed by atoms with E-state index in [0.717, 1.165) is 17.7 Å². The third-order valence-electron chi connectivity index (χ3n) is 1.90. The van der Waals surface area contributed by atoms with Crippen LogP contribution in [0.3, 0.4) is 0 Å². The van der Waals surface area contributed by atoms with Crippen LogP contribution >= 0.6 is 0 Å². The second-order valence-electron chi connectivity index (χ2n) is 3.01. The highest BCUT2D eigenvalue weighted by Gasteiger charge is 1.98. The third-order valence-corrected chi connectivity index (χ3v) is 1.90. The summed E-state index contributed by atoms with van der Waals surface area (Å²) < 4.78 is 1.67. The number of carbonyl (C=O) groups is 1. The van der Waals surface area contributed by atoms with Crippen LogP contribution in [-0.2, 0) is 0 Å². The molecule has 1 aromatic carbocycles. The number of hydrogen-bond donors (Lipinski definition) is 0. The monoisotopic (exact) mass is 187 g/mol. The second-order valence-corrected chi connectivity index (χ2v) is 3.01. The lowest BCUT2D eigenvalue weighted by molar-refractivity contribution is 0.112. The molecule has 2 rings (SSSR count). The van der Waals surface area contributed by atoms with Gasteiger partial charge in [-0.05, 0) is 31.2 Å². The van der Waals surface area contributed by atoms with Gasteiger partial charge in [0.25, 0.3) is 0 Å². The molecule has 0 aliphatic heterocycles. The van der Waals surface area contributed by atoms with Gasteiger partial charge in [-0.2, -0.15) is 0 Å². The molecule has 0 atom stereocenters. The van der Waals surface area contributed by atoms with Crippen LogP contribution in [0.15, 0.2) is 30.5 Å². The van der Waals surface area contributed by atoms with Crippen LogP contribution in [0.25, 0.3) is 5.69 Å². The number of nitrogens with zero attached hydrogens (tertiary/aromatic N) is 3. The molecule has 0 saturated carbocycles. The standard InChI is InChI=1S/C10H9N3O/c1-8-6-13(12-11-8)10-4-2-9(7-14)3-5-10/h2-7H,1H3. The largest absolute Gasteiger partial charge is 0.298 e. The zero-order valence-electron chi connectivity index (χ0n) is 7.71. The van der Waals surface area contributed by atoms with E-state index in [0.29, 0.717) is 5.56 Å². The molecule has 14 heavy (non-hydrogen) atoms. The molecule has 4 nitrogen and oxygen atoms in total. The van der Waals surface area contributed by atoms with E-state index in [4.69, 9.17) is 0 Å². The molecule has 0 unspecified atom stereocenters. The summed E-state index contributed by atoms with van der Waals surface area (Å²) >= 11 is 0. The molecule has 0 saturated heterocycles. The average molecular weight is 187 g/mol. The van der Waals surface area contributed by atoms with Gasteiger partial charge in [0.2, 0.25) is 0 Å². The SMILES string of the molecule is Cc1cn(-c2ccc(C=O)cc2)nn1. The van der Waals surface area contributed by atoms with E-state index in [1.165, 1.54) is 0 Å². The predicted molar refractivity (Wildman–Crippen MR) is 51.5 cm³/mol. The van der Waals surface area contributed by atoms with Crippen molar-refractivity contribution in [1.29, 1.82) is 0 Å². The fourth-order valence-corrected chi connectivity index (χ4v) is 1.18. The van der Waals surface area contributed by atoms with Gasteiger partial charge in [-0.3, -0.25) is 4.79 Å². The second kappa shape index (κ2) is 3.41. The van der Waals surface area contributed by atoms with E-state index < -0.39 is 0 Å². The van der Waals surface area contributed by atoms with Gasteiger partial charge in [-0.25, -0.2) is 4.68 Å². The number of benzene rings is 1. The summed E-state index contributed by atoms with van der Waals surface area (Å²) in [4.78, 5) is 10.4. The van der Waals surface area contributed by atoms with Gasteiger partial charge in [0.1, 0.15) is 6.29 Å². The number of rotatable bonds is 2. The first-order valence-corrected chi connectivity index (χ1v) is 4.24. The summed E-state index contributed by atoms with van der Waals surface area (Å²) in [6.07, 6.45) is 2.65. The average Bonchev–Trinajstić information content (AvgIpc) is 2.65. The first-order chi connectivity index (χ1) is 6.79. The van der Waals surface area contributed by atoms with Crippen molar-refractivity contribution in [2.75, 3.05) is 0 Å². The fourth-order valence-electron chi connectivity index (χ4n) is 1.18. The summed E-state index contributed by atoms with van der Waals surface area (Å²) in [6, 6.07) is 7.16. The Morgan fingerprint density at radius 1 is 1.29 bits per heavy atom. The van der Waals surface area contributed by atoms with Crippen LogP contribution in [0, 0.1) is 6.92 Å². The van der Waals surface area contributed by atoms with Crippen molar-refractivity contribution in [3.8, 4) is 5.69 Å². The van der Waals surface area contributed by atoms with Crippen molar-refractivity contribution >= 4 is 6.29 Å². The van der Waals surface area contributed by atoms with E-state index in [9.17, 15) is 4.79 Å². The zero-order chi connectivity index (χ0) is 9.97. The van der Waals surface area contributed by atoms with Crippen molar-refractivity contribution in [2.45, 2.75) is 6.92 Å². The van der Waals surface area contributed by atoms with Gasteiger partial charge >= 0.3 is 0 Å². The highest BCUT2D eigenvalue weighted by Crippen LogP contribution is 2.07. The molecule has 0 N–H and O–H groups in total. The quantitative estimate of drug-likeness (QED) is 0.667. The molecular formula is C10H9N3O. The van der Waals surface area contributed by atoms with Gasteiger partial charge in [-0.15, -0.1) is 5.10 Å². The molecule has 0 amide bonds. The summed E-state index contributed by atoms with van der Waals surface area (Å²) in [5, 5.41) is 7.80. The summed E-state index contributed by atoms with van der Waals surface area (Å²) in [6.45, 7) is 1.88. The molecular weight excluding hydrogens is 178 g/mol. The lowest BCUT2D eigenvalue weighted by Crippen LogP contribution is -1.94. The van der Waals surface area contributed by atoms with Crippen molar-refractivity contribution < 1.29 is 4.79 Å². The van der Waals surface area contributed by atoms with E-state index in [1.54, 1.807) is 16.8 Å². The number of carbonyl (C=O) groups excluding carboxylic acids is 1. The molecule has 0 radical (unpaired) electrons. The van der Waals surface area contributed by atoms with Crippen LogP contribution in [0.5, 0.6) is 0 Å². The molecule has 0 aliphatic rings. The summed E-state index contributed by atoms with van der Waals surface area (Å²) in [5.41, 5.74) is 2.42. The Morgan fingerprint density at radius 2 is 2.00 bits per heavy atom. The number of aromatic nitrogens is 3. The van der Waals surface area contributed by atoms with Gasteiger partial charge in [0.15, 0.2) is 0 Å². The molecule has 0 spiro atoms. The smallest absolute Gasteiger partial charge is 0.150 e. The van der Waals surface area contributed by atoms with Crippen molar-refractivity contribution in [3.63, 3.8) is 0 Å². The maximum atomic E-state index is 10.4. The van der Waals surface area contributed by atoms with Crippen LogP contribution < -0.4 is 0 Å². The molecule has 0 fully saturated rings. The third kappa shape index (κ3) is 1.54. The number of aryl methyl sites for hydroxylation is 1. The van der Waals surface area contributed by atoms with Crippen LogP contribution in [0.2, 0.25) is 0 Å². The van der Waals surface area contributed by atoms with Crippen molar-refractivity contribution in [1.82, 2.24) is 15.0 Å². The van der Waals surface area contributed by atoms with Crippen molar-refractivity contribution in [3.05, 3.63) is 41.7 Å². The van der Waals surface area contributed by atoms with Crippen LogP contribution in [-0.4, -0.2) is 21.3 Å². The Bertz CT molecular complexity index is 445. The minimum Gasteiger partial charge on any atom is -0.298 e.